The third kappa shape index (κ3) is 2.23. The minimum absolute atomic E-state index is 0.320. The third-order valence-electron chi connectivity index (χ3n) is 2.79. The first-order valence-corrected chi connectivity index (χ1v) is 6.81. The fourth-order valence-corrected chi connectivity index (χ4v) is 2.28. The lowest BCUT2D eigenvalue weighted by molar-refractivity contribution is 0.628. The topological polar surface area (TPSA) is 55.1 Å². The summed E-state index contributed by atoms with van der Waals surface area (Å²) in [5, 5.41) is 7.50. The highest BCUT2D eigenvalue weighted by molar-refractivity contribution is 9.10. The first kappa shape index (κ1) is 13.3. The van der Waals surface area contributed by atoms with Crippen LogP contribution in [0.2, 0.25) is 5.15 Å². The molecular weight excluding hydrogens is 349 g/mol. The van der Waals surface area contributed by atoms with Crippen molar-refractivity contribution in [3.8, 4) is 0 Å². The van der Waals surface area contributed by atoms with Gasteiger partial charge in [-0.25, -0.2) is 4.39 Å². The minimum Gasteiger partial charge on any atom is -0.339 e. The highest BCUT2D eigenvalue weighted by atomic mass is 79.9. The fourth-order valence-electron chi connectivity index (χ4n) is 1.77. The molecule has 0 unspecified atom stereocenters. The molecule has 0 atom stereocenters. The van der Waals surface area contributed by atoms with Crippen LogP contribution < -0.4 is 5.32 Å². The highest BCUT2D eigenvalue weighted by Gasteiger charge is 2.13. The van der Waals surface area contributed by atoms with E-state index in [9.17, 15) is 4.39 Å². The first-order chi connectivity index (χ1) is 9.56. The average molecular weight is 357 g/mol. The van der Waals surface area contributed by atoms with E-state index in [1.807, 2.05) is 0 Å². The van der Waals surface area contributed by atoms with Gasteiger partial charge in [0, 0.05) is 10.0 Å². The van der Waals surface area contributed by atoms with E-state index < -0.39 is 0 Å². The summed E-state index contributed by atoms with van der Waals surface area (Å²) in [6.45, 7) is 1.80. The van der Waals surface area contributed by atoms with Gasteiger partial charge in [-0.15, -0.1) is 0 Å². The Morgan fingerprint density at radius 2 is 2.20 bits per heavy atom. The standard InChI is InChI=1S/C12H8BrClFN5/c1-6-10(14)19-12-16-5-17-20(12)11(6)18-9-4-7(15)2-3-8(9)13/h2-5,18H,1H3. The van der Waals surface area contributed by atoms with Crippen molar-refractivity contribution >= 4 is 44.8 Å². The van der Waals surface area contributed by atoms with Gasteiger partial charge in [-0.1, -0.05) is 11.6 Å². The molecule has 5 nitrogen and oxygen atoms in total. The summed E-state index contributed by atoms with van der Waals surface area (Å²) in [6, 6.07) is 4.36. The van der Waals surface area contributed by atoms with E-state index in [2.05, 4.69) is 36.3 Å². The number of anilines is 2. The van der Waals surface area contributed by atoms with Crippen molar-refractivity contribution in [1.82, 2.24) is 19.6 Å². The van der Waals surface area contributed by atoms with Gasteiger partial charge >= 0.3 is 0 Å². The van der Waals surface area contributed by atoms with Gasteiger partial charge in [0.25, 0.3) is 5.78 Å². The molecule has 0 radical (unpaired) electrons. The Hall–Kier alpha value is -1.73. The summed E-state index contributed by atoms with van der Waals surface area (Å²) in [7, 11) is 0. The number of nitrogens with one attached hydrogen (secondary N) is 1. The molecule has 0 bridgehead atoms. The van der Waals surface area contributed by atoms with Crippen LogP contribution >= 0.6 is 27.5 Å². The largest absolute Gasteiger partial charge is 0.339 e. The smallest absolute Gasteiger partial charge is 0.255 e. The summed E-state index contributed by atoms with van der Waals surface area (Å²) in [6.07, 6.45) is 1.38. The van der Waals surface area contributed by atoms with E-state index in [-0.39, 0.29) is 5.82 Å². The van der Waals surface area contributed by atoms with Crippen LogP contribution in [-0.2, 0) is 0 Å². The van der Waals surface area contributed by atoms with Crippen LogP contribution in [0.15, 0.2) is 29.0 Å². The van der Waals surface area contributed by atoms with Crippen LogP contribution in [0, 0.1) is 12.7 Å². The van der Waals surface area contributed by atoms with E-state index in [4.69, 9.17) is 11.6 Å². The van der Waals surface area contributed by atoms with Gasteiger partial charge in [-0.2, -0.15) is 19.6 Å². The molecule has 0 fully saturated rings. The number of hydrogen-bond donors (Lipinski definition) is 1. The molecule has 0 saturated carbocycles. The van der Waals surface area contributed by atoms with Crippen molar-refractivity contribution in [2.45, 2.75) is 6.92 Å². The summed E-state index contributed by atoms with van der Waals surface area (Å²) >= 11 is 9.43. The van der Waals surface area contributed by atoms with Gasteiger partial charge in [0.05, 0.1) is 5.69 Å². The Labute approximate surface area is 126 Å². The second kappa shape index (κ2) is 4.99. The zero-order valence-electron chi connectivity index (χ0n) is 10.2. The van der Waals surface area contributed by atoms with Crippen LogP contribution in [0.3, 0.4) is 0 Å². The molecular formula is C12H8BrClFN5. The van der Waals surface area contributed by atoms with Crippen molar-refractivity contribution in [3.05, 3.63) is 45.5 Å². The molecule has 8 heteroatoms. The van der Waals surface area contributed by atoms with Gasteiger partial charge in [0.1, 0.15) is 23.1 Å². The second-order valence-electron chi connectivity index (χ2n) is 4.10. The lowest BCUT2D eigenvalue weighted by atomic mass is 10.3. The zero-order valence-corrected chi connectivity index (χ0v) is 12.6. The van der Waals surface area contributed by atoms with Crippen molar-refractivity contribution in [2.75, 3.05) is 5.32 Å². The highest BCUT2D eigenvalue weighted by Crippen LogP contribution is 2.30. The lowest BCUT2D eigenvalue weighted by Gasteiger charge is -2.13. The molecule has 0 saturated heterocycles. The second-order valence-corrected chi connectivity index (χ2v) is 5.31. The molecule has 0 aliphatic heterocycles. The Bertz CT molecular complexity index is 804. The quantitative estimate of drug-likeness (QED) is 0.711. The van der Waals surface area contributed by atoms with Gasteiger partial charge in [0.15, 0.2) is 0 Å². The molecule has 102 valence electrons. The number of nitrogens with zero attached hydrogens (tertiary/aromatic N) is 4. The summed E-state index contributed by atoms with van der Waals surface area (Å²) < 4.78 is 15.6. The maximum absolute atomic E-state index is 13.3. The maximum atomic E-state index is 13.3. The van der Waals surface area contributed by atoms with Crippen LogP contribution in [0.1, 0.15) is 5.56 Å². The number of rotatable bonds is 2. The lowest BCUT2D eigenvalue weighted by Crippen LogP contribution is -2.05. The number of hydrogen-bond acceptors (Lipinski definition) is 4. The SMILES string of the molecule is Cc1c(Cl)nc2ncnn2c1Nc1cc(F)ccc1Br. The molecule has 0 amide bonds. The normalized spacial score (nSPS) is 11.0. The maximum Gasteiger partial charge on any atom is 0.255 e. The minimum atomic E-state index is -0.344. The van der Waals surface area contributed by atoms with Gasteiger partial charge in [0.2, 0.25) is 0 Å². The zero-order chi connectivity index (χ0) is 14.3. The van der Waals surface area contributed by atoms with Gasteiger partial charge in [-0.05, 0) is 41.1 Å². The molecule has 2 heterocycles. The molecule has 1 N–H and O–H groups in total. The van der Waals surface area contributed by atoms with Crippen LogP contribution in [0.25, 0.3) is 5.78 Å². The number of fused-ring (bicyclic) bond motifs is 1. The Balaban J connectivity index is 2.17. The van der Waals surface area contributed by atoms with Crippen LogP contribution in [0.4, 0.5) is 15.9 Å². The van der Waals surface area contributed by atoms with Gasteiger partial charge < -0.3 is 5.32 Å². The van der Waals surface area contributed by atoms with Crippen LogP contribution in [-0.4, -0.2) is 19.6 Å². The van der Waals surface area contributed by atoms with Crippen LogP contribution in [0.5, 0.6) is 0 Å². The molecule has 0 aliphatic carbocycles. The van der Waals surface area contributed by atoms with Crippen molar-refractivity contribution < 1.29 is 4.39 Å². The molecule has 20 heavy (non-hydrogen) atoms. The Morgan fingerprint density at radius 3 is 3.00 bits per heavy atom. The predicted molar refractivity (Wildman–Crippen MR) is 77.9 cm³/mol. The molecule has 3 aromatic rings. The van der Waals surface area contributed by atoms with E-state index in [0.717, 1.165) is 4.47 Å². The molecule has 3 rings (SSSR count). The van der Waals surface area contributed by atoms with Gasteiger partial charge in [-0.3, -0.25) is 0 Å². The fraction of sp³-hybridized carbons (Fsp3) is 0.0833. The van der Waals surface area contributed by atoms with E-state index in [1.54, 1.807) is 13.0 Å². The van der Waals surface area contributed by atoms with E-state index >= 15 is 0 Å². The molecule has 0 spiro atoms. The molecule has 2 aromatic heterocycles. The summed E-state index contributed by atoms with van der Waals surface area (Å²) in [5.41, 5.74) is 1.26. The van der Waals surface area contributed by atoms with Crippen molar-refractivity contribution in [3.63, 3.8) is 0 Å². The van der Waals surface area contributed by atoms with E-state index in [1.165, 1.54) is 23.0 Å². The number of halogens is 3. The monoisotopic (exact) mass is 355 g/mol. The number of aromatic nitrogens is 4. The first-order valence-electron chi connectivity index (χ1n) is 5.64. The predicted octanol–water partition coefficient (Wildman–Crippen LogP) is 3.73. The Kier molecular flexibility index (Phi) is 3.31. The van der Waals surface area contributed by atoms with E-state index in [0.29, 0.717) is 28.0 Å². The summed E-state index contributed by atoms with van der Waals surface area (Å²) in [4.78, 5) is 8.10. The van der Waals surface area contributed by atoms with Crippen molar-refractivity contribution in [2.24, 2.45) is 0 Å². The molecule has 0 aliphatic rings. The summed E-state index contributed by atoms with van der Waals surface area (Å²) in [5.74, 6) is 0.614. The third-order valence-corrected chi connectivity index (χ3v) is 3.85. The Morgan fingerprint density at radius 1 is 1.40 bits per heavy atom. The van der Waals surface area contributed by atoms with Crippen molar-refractivity contribution in [1.29, 1.82) is 0 Å². The average Bonchev–Trinajstić information content (AvgIpc) is 2.86. The number of benzene rings is 1. The molecule has 1 aromatic carbocycles.